The molecule has 1 unspecified atom stereocenters. The predicted octanol–water partition coefficient (Wildman–Crippen LogP) is 4.49. The maximum Gasteiger partial charge on any atom is 0.184 e. The molecule has 9 heteroatoms. The molecule has 0 N–H and O–H groups in total. The molecule has 0 fully saturated rings. The summed E-state index contributed by atoms with van der Waals surface area (Å²) < 4.78 is 5.14. The van der Waals surface area contributed by atoms with E-state index in [1.165, 1.54) is 11.3 Å². The van der Waals surface area contributed by atoms with E-state index in [1.807, 2.05) is 60.7 Å². The Morgan fingerprint density at radius 3 is 2.23 bits per heavy atom. The highest BCUT2D eigenvalue weighted by molar-refractivity contribution is 8.01. The van der Waals surface area contributed by atoms with E-state index < -0.39 is 0 Å². The van der Waals surface area contributed by atoms with Gasteiger partial charge in [-0.25, -0.2) is 4.68 Å². The van der Waals surface area contributed by atoms with E-state index in [0.717, 1.165) is 21.5 Å². The summed E-state index contributed by atoms with van der Waals surface area (Å²) in [6.45, 7) is 2.06. The zero-order valence-electron chi connectivity index (χ0n) is 13.8. The maximum absolute atomic E-state index is 5.47. The second kappa shape index (κ2) is 7.48. The monoisotopic (exact) mass is 398 g/mol. The predicted molar refractivity (Wildman–Crippen MR) is 106 cm³/mol. The van der Waals surface area contributed by atoms with Crippen LogP contribution in [0.15, 0.2) is 65.0 Å². The minimum absolute atomic E-state index is 0.0231. The van der Waals surface area contributed by atoms with Gasteiger partial charge in [0.1, 0.15) is 0 Å². The highest BCUT2D eigenvalue weighted by Gasteiger charge is 2.19. The van der Waals surface area contributed by atoms with Crippen LogP contribution in [0.25, 0.3) is 11.4 Å². The van der Waals surface area contributed by atoms with E-state index in [4.69, 9.17) is 12.2 Å². The first kappa shape index (κ1) is 17.1. The average molecular weight is 399 g/mol. The van der Waals surface area contributed by atoms with Crippen molar-refractivity contribution in [3.8, 4) is 11.4 Å². The lowest BCUT2D eigenvalue weighted by molar-refractivity contribution is 0.761. The van der Waals surface area contributed by atoms with Crippen molar-refractivity contribution in [2.24, 2.45) is 0 Å². The number of aromatic nitrogens is 6. The van der Waals surface area contributed by atoms with Gasteiger partial charge in [0.25, 0.3) is 0 Å². The van der Waals surface area contributed by atoms with Crippen molar-refractivity contribution in [3.63, 3.8) is 0 Å². The van der Waals surface area contributed by atoms with Crippen molar-refractivity contribution in [1.29, 1.82) is 0 Å². The molecule has 0 aliphatic carbocycles. The zero-order valence-corrected chi connectivity index (χ0v) is 16.2. The molecule has 26 heavy (non-hydrogen) atoms. The second-order valence-corrected chi connectivity index (χ2v) is 8.64. The van der Waals surface area contributed by atoms with Crippen LogP contribution in [0.1, 0.15) is 18.0 Å². The summed E-state index contributed by atoms with van der Waals surface area (Å²) in [5, 5.41) is 16.8. The molecule has 6 nitrogen and oxygen atoms in total. The molecule has 0 amide bonds. The first-order valence-corrected chi connectivity index (χ1v) is 9.99. The van der Waals surface area contributed by atoms with Crippen LogP contribution < -0.4 is 0 Å². The van der Waals surface area contributed by atoms with Crippen LogP contribution in [0.5, 0.6) is 0 Å². The molecular weight excluding hydrogens is 384 g/mol. The first-order chi connectivity index (χ1) is 12.7. The molecule has 0 bridgehead atoms. The largest absolute Gasteiger partial charge is 0.211 e. The molecule has 4 rings (SSSR count). The number of nitrogens with zero attached hydrogens (tertiary/aromatic N) is 6. The molecule has 2 heterocycles. The molecule has 0 saturated heterocycles. The van der Waals surface area contributed by atoms with Crippen molar-refractivity contribution in [3.05, 3.63) is 70.4 Å². The normalized spacial score (nSPS) is 12.2. The summed E-state index contributed by atoms with van der Waals surface area (Å²) in [6.07, 6.45) is 0. The van der Waals surface area contributed by atoms with Crippen LogP contribution in [0.4, 0.5) is 0 Å². The van der Waals surface area contributed by atoms with Crippen LogP contribution in [0, 0.1) is 3.95 Å². The summed E-state index contributed by atoms with van der Waals surface area (Å²) in [4.78, 5) is 0. The van der Waals surface area contributed by atoms with Crippen molar-refractivity contribution < 1.29 is 0 Å². The molecule has 0 aliphatic rings. The highest BCUT2D eigenvalue weighted by atomic mass is 32.2. The molecule has 2 aromatic carbocycles. The lowest BCUT2D eigenvalue weighted by atomic mass is 10.3. The smallest absolute Gasteiger partial charge is 0.184 e. The number of para-hydroxylation sites is 2. The maximum atomic E-state index is 5.47. The molecule has 4 aromatic rings. The van der Waals surface area contributed by atoms with Crippen LogP contribution in [-0.2, 0) is 0 Å². The van der Waals surface area contributed by atoms with Crippen molar-refractivity contribution in [1.82, 2.24) is 30.0 Å². The van der Waals surface area contributed by atoms with Crippen molar-refractivity contribution in [2.75, 3.05) is 0 Å². The van der Waals surface area contributed by atoms with Gasteiger partial charge in [-0.15, -0.1) is 10.2 Å². The molecular formula is C17H14N6S3. The Morgan fingerprint density at radius 1 is 0.962 bits per heavy atom. The van der Waals surface area contributed by atoms with E-state index >= 15 is 0 Å². The number of thioether (sulfide) groups is 1. The SMILES string of the molecule is CC(Sc1nn(-c2ccccc2)c(=S)s1)c1nnnn1-c1ccccc1. The van der Waals surface area contributed by atoms with Crippen LogP contribution >= 0.6 is 35.3 Å². The Hall–Kier alpha value is -2.36. The quantitative estimate of drug-likeness (QED) is 0.365. The average Bonchev–Trinajstić information content (AvgIpc) is 3.30. The minimum atomic E-state index is 0.0231. The van der Waals surface area contributed by atoms with Crippen molar-refractivity contribution >= 4 is 35.3 Å². The molecule has 1 atom stereocenters. The molecule has 0 saturated carbocycles. The molecule has 0 spiro atoms. The van der Waals surface area contributed by atoms with E-state index in [-0.39, 0.29) is 5.25 Å². The number of rotatable bonds is 5. The Labute approximate surface area is 163 Å². The van der Waals surface area contributed by atoms with Gasteiger partial charge in [-0.3, -0.25) is 0 Å². The summed E-state index contributed by atoms with van der Waals surface area (Å²) in [5.41, 5.74) is 1.89. The Kier molecular flexibility index (Phi) is 4.91. The Bertz CT molecular complexity index is 1050. The summed E-state index contributed by atoms with van der Waals surface area (Å²) in [6, 6.07) is 19.7. The van der Waals surface area contributed by atoms with Crippen molar-refractivity contribution in [2.45, 2.75) is 16.5 Å². The van der Waals surface area contributed by atoms with E-state index in [2.05, 4.69) is 27.5 Å². The van der Waals surface area contributed by atoms with Crippen LogP contribution in [-0.4, -0.2) is 30.0 Å². The Balaban J connectivity index is 1.60. The molecule has 2 aromatic heterocycles. The van der Waals surface area contributed by atoms with E-state index in [1.54, 1.807) is 21.1 Å². The zero-order chi connectivity index (χ0) is 17.9. The Morgan fingerprint density at radius 2 is 1.58 bits per heavy atom. The number of tetrazole rings is 1. The van der Waals surface area contributed by atoms with Gasteiger partial charge in [-0.2, -0.15) is 4.68 Å². The topological polar surface area (TPSA) is 61.4 Å². The van der Waals surface area contributed by atoms with Gasteiger partial charge in [0.05, 0.1) is 16.6 Å². The van der Waals surface area contributed by atoms with Gasteiger partial charge in [-0.05, 0) is 53.8 Å². The summed E-state index contributed by atoms with van der Waals surface area (Å²) in [7, 11) is 0. The van der Waals surface area contributed by atoms with Gasteiger partial charge in [0.15, 0.2) is 14.1 Å². The molecule has 0 aliphatic heterocycles. The second-order valence-electron chi connectivity index (χ2n) is 5.43. The van der Waals surface area contributed by atoms with Gasteiger partial charge >= 0.3 is 0 Å². The fraction of sp³-hybridized carbons (Fsp3) is 0.118. The van der Waals surface area contributed by atoms with Gasteiger partial charge in [0.2, 0.25) is 0 Å². The molecule has 0 radical (unpaired) electrons. The summed E-state index contributed by atoms with van der Waals surface area (Å²) in [5.74, 6) is 0.772. The highest BCUT2D eigenvalue weighted by Crippen LogP contribution is 2.36. The van der Waals surface area contributed by atoms with Crippen LogP contribution in [0.2, 0.25) is 0 Å². The standard InChI is InChI=1S/C17H14N6S3/c1-12(15-18-20-21-22(15)13-8-4-2-5-9-13)25-16-19-23(17(24)26-16)14-10-6-3-7-11-14/h2-12H,1H3. The molecule has 130 valence electrons. The fourth-order valence-corrected chi connectivity index (χ4v) is 5.04. The summed E-state index contributed by atoms with van der Waals surface area (Å²) >= 11 is 8.55. The first-order valence-electron chi connectivity index (χ1n) is 7.88. The van der Waals surface area contributed by atoms with Gasteiger partial charge in [0, 0.05) is 0 Å². The lowest BCUT2D eigenvalue weighted by Crippen LogP contribution is -2.05. The third-order valence-electron chi connectivity index (χ3n) is 3.67. The number of hydrogen-bond donors (Lipinski definition) is 0. The van der Waals surface area contributed by atoms with Crippen LogP contribution in [0.3, 0.4) is 0 Å². The third kappa shape index (κ3) is 3.46. The van der Waals surface area contributed by atoms with Gasteiger partial charge < -0.3 is 0 Å². The third-order valence-corrected chi connectivity index (χ3v) is 6.08. The number of benzene rings is 2. The van der Waals surface area contributed by atoms with E-state index in [0.29, 0.717) is 3.95 Å². The van der Waals surface area contributed by atoms with E-state index in [9.17, 15) is 0 Å². The minimum Gasteiger partial charge on any atom is -0.211 e. The van der Waals surface area contributed by atoms with Gasteiger partial charge in [-0.1, -0.05) is 59.5 Å². The fourth-order valence-electron chi connectivity index (χ4n) is 2.45. The lowest BCUT2D eigenvalue weighted by Gasteiger charge is -2.09. The number of hydrogen-bond acceptors (Lipinski definition) is 7.